The van der Waals surface area contributed by atoms with E-state index in [4.69, 9.17) is 5.11 Å². The van der Waals surface area contributed by atoms with Crippen LogP contribution in [0.1, 0.15) is 27.8 Å². The number of amides is 1. The molecule has 7 heteroatoms. The topological polar surface area (TPSA) is 96.4 Å². The lowest BCUT2D eigenvalue weighted by Gasteiger charge is -2.03. The number of carboxylic acids is 1. The van der Waals surface area contributed by atoms with E-state index < -0.39 is 5.97 Å². The SMILES string of the molecule is CC(=O)Nc1nc(C=O)c(-c2ccccc2C(=O)O)s1. The molecule has 102 valence electrons. The second kappa shape index (κ2) is 5.62. The fraction of sp³-hybridized carbons (Fsp3) is 0.0769. The van der Waals surface area contributed by atoms with Crippen molar-refractivity contribution in [3.05, 3.63) is 35.5 Å². The Morgan fingerprint density at radius 1 is 1.35 bits per heavy atom. The van der Waals surface area contributed by atoms with E-state index in [1.54, 1.807) is 18.2 Å². The summed E-state index contributed by atoms with van der Waals surface area (Å²) in [7, 11) is 0. The smallest absolute Gasteiger partial charge is 0.336 e. The number of benzene rings is 1. The summed E-state index contributed by atoms with van der Waals surface area (Å²) in [5, 5.41) is 11.9. The molecule has 0 spiro atoms. The molecule has 20 heavy (non-hydrogen) atoms. The summed E-state index contributed by atoms with van der Waals surface area (Å²) >= 11 is 1.06. The van der Waals surface area contributed by atoms with Crippen LogP contribution in [0.4, 0.5) is 5.13 Å². The number of anilines is 1. The van der Waals surface area contributed by atoms with Crippen molar-refractivity contribution >= 4 is 34.6 Å². The predicted molar refractivity (Wildman–Crippen MR) is 74.2 cm³/mol. The van der Waals surface area contributed by atoms with E-state index in [1.807, 2.05) is 0 Å². The van der Waals surface area contributed by atoms with Crippen LogP contribution in [-0.2, 0) is 4.79 Å². The summed E-state index contributed by atoms with van der Waals surface area (Å²) in [5.41, 5.74) is 0.581. The Morgan fingerprint density at radius 2 is 2.05 bits per heavy atom. The first kappa shape index (κ1) is 13.9. The van der Waals surface area contributed by atoms with Gasteiger partial charge < -0.3 is 10.4 Å². The van der Waals surface area contributed by atoms with Gasteiger partial charge in [-0.25, -0.2) is 9.78 Å². The highest BCUT2D eigenvalue weighted by Crippen LogP contribution is 2.34. The highest BCUT2D eigenvalue weighted by atomic mass is 32.1. The number of carbonyl (C=O) groups excluding carboxylic acids is 2. The van der Waals surface area contributed by atoms with Gasteiger partial charge in [0, 0.05) is 12.5 Å². The standard InChI is InChI=1S/C13H10N2O4S/c1-7(17)14-13-15-10(6-16)11(20-13)8-4-2-3-5-9(8)12(18)19/h2-6H,1H3,(H,18,19)(H,14,15,17). The van der Waals surface area contributed by atoms with E-state index in [-0.39, 0.29) is 22.3 Å². The first-order chi connectivity index (χ1) is 9.52. The summed E-state index contributed by atoms with van der Waals surface area (Å²) in [6, 6.07) is 6.32. The van der Waals surface area contributed by atoms with Crippen LogP contribution in [0.5, 0.6) is 0 Å². The number of aromatic carboxylic acids is 1. The van der Waals surface area contributed by atoms with Gasteiger partial charge in [0.2, 0.25) is 5.91 Å². The molecule has 0 bridgehead atoms. The maximum Gasteiger partial charge on any atom is 0.336 e. The lowest BCUT2D eigenvalue weighted by atomic mass is 10.1. The van der Waals surface area contributed by atoms with Gasteiger partial charge in [-0.1, -0.05) is 29.5 Å². The third kappa shape index (κ3) is 2.72. The third-order valence-corrected chi connectivity index (χ3v) is 3.47. The van der Waals surface area contributed by atoms with Crippen LogP contribution in [0.25, 0.3) is 10.4 Å². The molecular weight excluding hydrogens is 280 g/mol. The van der Waals surface area contributed by atoms with Crippen LogP contribution in [0, 0.1) is 0 Å². The van der Waals surface area contributed by atoms with Crippen molar-refractivity contribution in [3.63, 3.8) is 0 Å². The Morgan fingerprint density at radius 3 is 2.65 bits per heavy atom. The van der Waals surface area contributed by atoms with Crippen molar-refractivity contribution in [1.82, 2.24) is 4.98 Å². The van der Waals surface area contributed by atoms with E-state index in [2.05, 4.69) is 10.3 Å². The normalized spacial score (nSPS) is 10.1. The molecule has 2 rings (SSSR count). The molecule has 2 aromatic rings. The van der Waals surface area contributed by atoms with Gasteiger partial charge in [0.15, 0.2) is 11.4 Å². The summed E-state index contributed by atoms with van der Waals surface area (Å²) in [4.78, 5) is 37.7. The molecule has 0 unspecified atom stereocenters. The predicted octanol–water partition coefficient (Wildman–Crippen LogP) is 2.28. The van der Waals surface area contributed by atoms with Crippen molar-refractivity contribution in [2.45, 2.75) is 6.92 Å². The van der Waals surface area contributed by atoms with Gasteiger partial charge in [0.25, 0.3) is 0 Å². The van der Waals surface area contributed by atoms with Crippen molar-refractivity contribution in [2.24, 2.45) is 0 Å². The zero-order valence-electron chi connectivity index (χ0n) is 10.4. The number of carboxylic acid groups (broad SMARTS) is 1. The second-order valence-corrected chi connectivity index (χ2v) is 4.88. The summed E-state index contributed by atoms with van der Waals surface area (Å²) in [6.45, 7) is 1.33. The summed E-state index contributed by atoms with van der Waals surface area (Å²) < 4.78 is 0. The Kier molecular flexibility index (Phi) is 3.90. The molecule has 0 fully saturated rings. The minimum Gasteiger partial charge on any atom is -0.478 e. The maximum absolute atomic E-state index is 11.2. The number of nitrogens with zero attached hydrogens (tertiary/aromatic N) is 1. The van der Waals surface area contributed by atoms with E-state index in [1.165, 1.54) is 13.0 Å². The van der Waals surface area contributed by atoms with Crippen molar-refractivity contribution in [2.75, 3.05) is 5.32 Å². The molecule has 1 heterocycles. The van der Waals surface area contributed by atoms with Gasteiger partial charge in [0.1, 0.15) is 5.69 Å². The lowest BCUT2D eigenvalue weighted by Crippen LogP contribution is -2.05. The molecule has 0 aliphatic rings. The van der Waals surface area contributed by atoms with Crippen LogP contribution in [-0.4, -0.2) is 28.3 Å². The molecule has 2 N–H and O–H groups in total. The van der Waals surface area contributed by atoms with Gasteiger partial charge in [-0.2, -0.15) is 0 Å². The molecule has 1 aromatic carbocycles. The van der Waals surface area contributed by atoms with Crippen LogP contribution in [0.15, 0.2) is 24.3 Å². The first-order valence-corrected chi connectivity index (χ1v) is 6.41. The average molecular weight is 290 g/mol. The van der Waals surface area contributed by atoms with Crippen LogP contribution in [0.2, 0.25) is 0 Å². The number of rotatable bonds is 4. The van der Waals surface area contributed by atoms with Gasteiger partial charge in [0.05, 0.1) is 10.4 Å². The molecule has 1 amide bonds. The van der Waals surface area contributed by atoms with Gasteiger partial charge in [-0.3, -0.25) is 9.59 Å². The molecular formula is C13H10N2O4S. The molecule has 0 atom stereocenters. The minimum absolute atomic E-state index is 0.0774. The fourth-order valence-electron chi connectivity index (χ4n) is 1.68. The molecule has 1 aromatic heterocycles. The Hall–Kier alpha value is -2.54. The van der Waals surface area contributed by atoms with Crippen LogP contribution in [0.3, 0.4) is 0 Å². The van der Waals surface area contributed by atoms with E-state index in [0.717, 1.165) is 11.3 Å². The van der Waals surface area contributed by atoms with Crippen LogP contribution >= 0.6 is 11.3 Å². The lowest BCUT2D eigenvalue weighted by molar-refractivity contribution is -0.114. The van der Waals surface area contributed by atoms with Crippen molar-refractivity contribution in [1.29, 1.82) is 0 Å². The number of thiazole rings is 1. The van der Waals surface area contributed by atoms with Crippen molar-refractivity contribution in [3.8, 4) is 10.4 Å². The van der Waals surface area contributed by atoms with Gasteiger partial charge >= 0.3 is 5.97 Å². The quantitative estimate of drug-likeness (QED) is 0.842. The van der Waals surface area contributed by atoms with Crippen LogP contribution < -0.4 is 5.32 Å². The Bertz CT molecular complexity index is 693. The monoisotopic (exact) mass is 290 g/mol. The molecule has 0 saturated carbocycles. The first-order valence-electron chi connectivity index (χ1n) is 5.59. The fourth-order valence-corrected chi connectivity index (χ4v) is 2.69. The van der Waals surface area contributed by atoms with E-state index >= 15 is 0 Å². The molecule has 6 nitrogen and oxygen atoms in total. The second-order valence-electron chi connectivity index (χ2n) is 3.88. The average Bonchev–Trinajstić information content (AvgIpc) is 2.80. The van der Waals surface area contributed by atoms with Gasteiger partial charge in [-0.05, 0) is 6.07 Å². The summed E-state index contributed by atoms with van der Waals surface area (Å²) in [6.07, 6.45) is 0.537. The number of hydrogen-bond acceptors (Lipinski definition) is 5. The number of carbonyl (C=O) groups is 3. The number of nitrogens with one attached hydrogen (secondary N) is 1. The molecule has 0 radical (unpaired) electrons. The van der Waals surface area contributed by atoms with E-state index in [0.29, 0.717) is 16.7 Å². The molecule has 0 saturated heterocycles. The molecule has 0 aliphatic heterocycles. The number of aldehydes is 1. The summed E-state index contributed by atoms with van der Waals surface area (Å²) in [5.74, 6) is -1.40. The Balaban J connectivity index is 2.57. The number of hydrogen-bond donors (Lipinski definition) is 2. The Labute approximate surface area is 118 Å². The maximum atomic E-state index is 11.2. The van der Waals surface area contributed by atoms with E-state index in [9.17, 15) is 14.4 Å². The van der Waals surface area contributed by atoms with Crippen molar-refractivity contribution < 1.29 is 19.5 Å². The largest absolute Gasteiger partial charge is 0.478 e. The molecule has 0 aliphatic carbocycles. The minimum atomic E-state index is -1.09. The highest BCUT2D eigenvalue weighted by molar-refractivity contribution is 7.19. The third-order valence-electron chi connectivity index (χ3n) is 2.45. The zero-order valence-corrected chi connectivity index (χ0v) is 11.2. The number of aromatic nitrogens is 1. The van der Waals surface area contributed by atoms with Gasteiger partial charge in [-0.15, -0.1) is 0 Å². The zero-order chi connectivity index (χ0) is 14.7. The highest BCUT2D eigenvalue weighted by Gasteiger charge is 2.18.